The third kappa shape index (κ3) is 5.70. The van der Waals surface area contributed by atoms with E-state index in [1.54, 1.807) is 6.07 Å². The quantitative estimate of drug-likeness (QED) is 0.224. The van der Waals surface area contributed by atoms with Crippen molar-refractivity contribution in [3.8, 4) is 5.75 Å². The molecule has 0 bridgehead atoms. The molecule has 1 N–H and O–H groups in total. The zero-order chi connectivity index (χ0) is 21.6. The van der Waals surface area contributed by atoms with Crippen LogP contribution < -0.4 is 10.2 Å². The van der Waals surface area contributed by atoms with Gasteiger partial charge in [-0.1, -0.05) is 59.8 Å². The highest BCUT2D eigenvalue weighted by Gasteiger charge is 2.10. The summed E-state index contributed by atoms with van der Waals surface area (Å²) in [5.41, 5.74) is 2.44. The Morgan fingerprint density at radius 2 is 1.90 bits per heavy atom. The number of fused-ring (bicyclic) bond motifs is 1. The molecule has 0 aliphatic heterocycles. The number of nitrogens with one attached hydrogen (secondary N) is 1. The fourth-order valence-corrected chi connectivity index (χ4v) is 4.23. The molecule has 5 nitrogen and oxygen atoms in total. The van der Waals surface area contributed by atoms with Crippen molar-refractivity contribution in [3.63, 3.8) is 0 Å². The lowest BCUT2D eigenvalue weighted by Gasteiger charge is -2.08. The van der Waals surface area contributed by atoms with Crippen LogP contribution in [0.1, 0.15) is 5.76 Å². The van der Waals surface area contributed by atoms with E-state index in [-0.39, 0.29) is 12.5 Å². The Hall–Kier alpha value is -2.74. The predicted octanol–water partition coefficient (Wildman–Crippen LogP) is 6.53. The number of hydrazone groups is 1. The van der Waals surface area contributed by atoms with Gasteiger partial charge in [0.15, 0.2) is 11.7 Å². The Kier molecular flexibility index (Phi) is 6.96. The fraction of sp³-hybridized carbons (Fsp3) is 0.0435. The first-order chi connectivity index (χ1) is 15.1. The molecule has 0 aliphatic rings. The first-order valence-corrected chi connectivity index (χ1v) is 11.2. The smallest absolute Gasteiger partial charge is 0.277 e. The number of carbonyl (C=O) groups is 1. The van der Waals surface area contributed by atoms with Gasteiger partial charge in [-0.25, -0.2) is 5.43 Å². The highest BCUT2D eigenvalue weighted by Crippen LogP contribution is 2.36. The third-order valence-electron chi connectivity index (χ3n) is 4.19. The molecule has 0 aliphatic carbocycles. The van der Waals surface area contributed by atoms with Gasteiger partial charge in [-0.2, -0.15) is 5.10 Å². The molecular formula is C23H16BrClN2O3S. The van der Waals surface area contributed by atoms with Gasteiger partial charge in [-0.05, 0) is 51.6 Å². The highest BCUT2D eigenvalue weighted by molar-refractivity contribution is 9.10. The zero-order valence-electron chi connectivity index (χ0n) is 16.0. The number of carbonyl (C=O) groups excluding carboxylic acids is 1. The SMILES string of the molecule is O=C(COc1cccc2ccccc12)NN=Cc1cc(Br)c(Sc2ccc(Cl)cc2)o1. The Balaban J connectivity index is 1.32. The van der Waals surface area contributed by atoms with E-state index in [0.717, 1.165) is 20.1 Å². The maximum atomic E-state index is 12.1. The van der Waals surface area contributed by atoms with E-state index in [4.69, 9.17) is 20.8 Å². The fourth-order valence-electron chi connectivity index (χ4n) is 2.78. The van der Waals surface area contributed by atoms with Crippen LogP contribution in [0.3, 0.4) is 0 Å². The van der Waals surface area contributed by atoms with Gasteiger partial charge in [-0.3, -0.25) is 4.79 Å². The summed E-state index contributed by atoms with van der Waals surface area (Å²) in [4.78, 5) is 13.1. The van der Waals surface area contributed by atoms with Crippen molar-refractivity contribution in [3.05, 3.63) is 88.1 Å². The van der Waals surface area contributed by atoms with Crippen LogP contribution in [0.5, 0.6) is 5.75 Å². The van der Waals surface area contributed by atoms with E-state index >= 15 is 0 Å². The van der Waals surface area contributed by atoms with Crippen LogP contribution in [0.15, 0.2) is 96.8 Å². The standard InChI is InChI=1S/C23H16BrClN2O3S/c24-20-12-17(30-23(20)31-18-10-8-16(25)9-11-18)13-26-27-22(28)14-29-21-7-3-5-15-4-1-2-6-19(15)21/h1-13H,14H2,(H,27,28). The molecule has 0 fully saturated rings. The summed E-state index contributed by atoms with van der Waals surface area (Å²) in [5.74, 6) is 0.778. The number of furan rings is 1. The summed E-state index contributed by atoms with van der Waals surface area (Å²) in [6.07, 6.45) is 1.44. The van der Waals surface area contributed by atoms with Crippen molar-refractivity contribution in [2.45, 2.75) is 9.99 Å². The number of ether oxygens (including phenoxy) is 1. The van der Waals surface area contributed by atoms with E-state index < -0.39 is 0 Å². The molecule has 1 amide bonds. The van der Waals surface area contributed by atoms with Gasteiger partial charge in [0, 0.05) is 21.4 Å². The molecule has 1 aromatic heterocycles. The van der Waals surface area contributed by atoms with Crippen LogP contribution in [0, 0.1) is 0 Å². The minimum atomic E-state index is -0.370. The van der Waals surface area contributed by atoms with Crippen molar-refractivity contribution in [1.82, 2.24) is 5.43 Å². The van der Waals surface area contributed by atoms with Gasteiger partial charge in [-0.15, -0.1) is 0 Å². The average molecular weight is 516 g/mol. The summed E-state index contributed by atoms with van der Waals surface area (Å²) >= 11 is 10.8. The molecule has 8 heteroatoms. The number of halogens is 2. The average Bonchev–Trinajstić information content (AvgIpc) is 3.12. The number of rotatable bonds is 7. The Bertz CT molecular complexity index is 1240. The second-order valence-corrected chi connectivity index (χ2v) is 8.74. The molecule has 0 saturated carbocycles. The van der Waals surface area contributed by atoms with E-state index in [1.165, 1.54) is 18.0 Å². The number of hydrogen-bond acceptors (Lipinski definition) is 5. The second-order valence-electron chi connectivity index (χ2n) is 6.40. The van der Waals surface area contributed by atoms with Crippen LogP contribution in [0.4, 0.5) is 0 Å². The van der Waals surface area contributed by atoms with E-state index in [0.29, 0.717) is 21.6 Å². The summed E-state index contributed by atoms with van der Waals surface area (Å²) in [7, 11) is 0. The van der Waals surface area contributed by atoms with Crippen molar-refractivity contribution in [1.29, 1.82) is 0 Å². The maximum Gasteiger partial charge on any atom is 0.277 e. The van der Waals surface area contributed by atoms with Gasteiger partial charge in [0.25, 0.3) is 5.91 Å². The predicted molar refractivity (Wildman–Crippen MR) is 127 cm³/mol. The summed E-state index contributed by atoms with van der Waals surface area (Å²) in [5, 5.41) is 7.30. The number of nitrogens with zero attached hydrogens (tertiary/aromatic N) is 1. The lowest BCUT2D eigenvalue weighted by atomic mass is 10.1. The molecule has 31 heavy (non-hydrogen) atoms. The third-order valence-corrected chi connectivity index (χ3v) is 6.29. The van der Waals surface area contributed by atoms with Crippen LogP contribution in [0.25, 0.3) is 10.8 Å². The summed E-state index contributed by atoms with van der Waals surface area (Å²) in [6, 6.07) is 22.8. The molecular weight excluding hydrogens is 500 g/mol. The van der Waals surface area contributed by atoms with Crippen molar-refractivity contribution in [2.75, 3.05) is 6.61 Å². The first-order valence-electron chi connectivity index (χ1n) is 9.24. The Morgan fingerprint density at radius 1 is 1.13 bits per heavy atom. The molecule has 0 spiro atoms. The summed E-state index contributed by atoms with van der Waals surface area (Å²) in [6.45, 7) is -0.148. The summed E-state index contributed by atoms with van der Waals surface area (Å²) < 4.78 is 12.2. The monoisotopic (exact) mass is 514 g/mol. The number of hydrogen-bond donors (Lipinski definition) is 1. The molecule has 4 rings (SSSR count). The minimum Gasteiger partial charge on any atom is -0.483 e. The van der Waals surface area contributed by atoms with Crippen LogP contribution in [-0.4, -0.2) is 18.7 Å². The van der Waals surface area contributed by atoms with Gasteiger partial charge in [0.2, 0.25) is 0 Å². The number of benzene rings is 3. The Labute approximate surface area is 196 Å². The van der Waals surface area contributed by atoms with Crippen LogP contribution in [-0.2, 0) is 4.79 Å². The minimum absolute atomic E-state index is 0.148. The van der Waals surface area contributed by atoms with Gasteiger partial charge >= 0.3 is 0 Å². The molecule has 0 atom stereocenters. The van der Waals surface area contributed by atoms with Crippen molar-refractivity contribution < 1.29 is 13.9 Å². The molecule has 0 radical (unpaired) electrons. The van der Waals surface area contributed by atoms with Crippen molar-refractivity contribution >= 4 is 62.2 Å². The molecule has 0 saturated heterocycles. The molecule has 0 unspecified atom stereocenters. The maximum absolute atomic E-state index is 12.1. The Morgan fingerprint density at radius 3 is 2.74 bits per heavy atom. The van der Waals surface area contributed by atoms with Crippen LogP contribution >= 0.6 is 39.3 Å². The van der Waals surface area contributed by atoms with Gasteiger partial charge in [0.1, 0.15) is 11.5 Å². The molecule has 156 valence electrons. The molecule has 1 heterocycles. The second kappa shape index (κ2) is 10.0. The molecule has 4 aromatic rings. The van der Waals surface area contributed by atoms with Gasteiger partial charge < -0.3 is 9.15 Å². The first kappa shape index (κ1) is 21.5. The largest absolute Gasteiger partial charge is 0.483 e. The number of amides is 1. The van der Waals surface area contributed by atoms with Crippen LogP contribution in [0.2, 0.25) is 5.02 Å². The highest BCUT2D eigenvalue weighted by atomic mass is 79.9. The lowest BCUT2D eigenvalue weighted by molar-refractivity contribution is -0.123. The normalized spacial score (nSPS) is 11.2. The van der Waals surface area contributed by atoms with Crippen molar-refractivity contribution in [2.24, 2.45) is 5.10 Å². The van der Waals surface area contributed by atoms with Gasteiger partial charge in [0.05, 0.1) is 10.7 Å². The van der Waals surface area contributed by atoms with E-state index in [1.807, 2.05) is 66.7 Å². The van der Waals surface area contributed by atoms with E-state index in [2.05, 4.69) is 26.5 Å². The topological polar surface area (TPSA) is 63.8 Å². The zero-order valence-corrected chi connectivity index (χ0v) is 19.2. The lowest BCUT2D eigenvalue weighted by Crippen LogP contribution is -2.24. The molecule has 3 aromatic carbocycles. The van der Waals surface area contributed by atoms with E-state index in [9.17, 15) is 4.79 Å².